The fraction of sp³-hybridized carbons (Fsp3) is 0.700. The van der Waals surface area contributed by atoms with Gasteiger partial charge < -0.3 is 9.90 Å². The molecule has 3 heteroatoms. The van der Waals surface area contributed by atoms with E-state index in [1.54, 1.807) is 0 Å². The summed E-state index contributed by atoms with van der Waals surface area (Å²) in [6.07, 6.45) is 3.64. The lowest BCUT2D eigenvalue weighted by atomic mass is 9.95. The lowest BCUT2D eigenvalue weighted by Gasteiger charge is -2.28. The van der Waals surface area contributed by atoms with Crippen LogP contribution in [0.15, 0.2) is 12.2 Å². The highest BCUT2D eigenvalue weighted by Crippen LogP contribution is 2.42. The molecule has 1 N–H and O–H groups in total. The summed E-state index contributed by atoms with van der Waals surface area (Å²) in [5.74, 6) is 0. The van der Waals surface area contributed by atoms with Crippen molar-refractivity contribution in [3.63, 3.8) is 0 Å². The third kappa shape index (κ3) is 1.15. The average Bonchev–Trinajstić information content (AvgIpc) is 2.59. The van der Waals surface area contributed by atoms with Gasteiger partial charge in [0.1, 0.15) is 6.29 Å². The Kier molecular flexibility index (Phi) is 2.00. The van der Waals surface area contributed by atoms with Crippen molar-refractivity contribution in [2.75, 3.05) is 13.2 Å². The number of aldehydes is 1. The van der Waals surface area contributed by atoms with Gasteiger partial charge in [-0.2, -0.15) is 0 Å². The number of hydrogen-bond donors (Lipinski definition) is 1. The number of nitrogens with zero attached hydrogens (tertiary/aromatic N) is 1. The quantitative estimate of drug-likeness (QED) is 0.493. The monoisotopic (exact) mass is 181 g/mol. The number of carbonyl (C=O) groups excluding carboxylic acids is 1. The fourth-order valence-electron chi connectivity index (χ4n) is 2.64. The molecule has 0 aromatic carbocycles. The van der Waals surface area contributed by atoms with Gasteiger partial charge in [0.15, 0.2) is 0 Å². The average molecular weight is 181 g/mol. The van der Waals surface area contributed by atoms with Gasteiger partial charge in [0.25, 0.3) is 0 Å². The second kappa shape index (κ2) is 2.93. The standard InChI is InChI=1S/C10H15NO2/c1-8-4-10(7-13)3-2-9(6-12)11(10)5-8/h7,9,12H,1-6H2. The van der Waals surface area contributed by atoms with Crippen molar-refractivity contribution in [3.05, 3.63) is 12.2 Å². The topological polar surface area (TPSA) is 40.5 Å². The maximum atomic E-state index is 11.1. The van der Waals surface area contributed by atoms with E-state index in [4.69, 9.17) is 5.11 Å². The van der Waals surface area contributed by atoms with Crippen molar-refractivity contribution in [2.24, 2.45) is 0 Å². The highest BCUT2D eigenvalue weighted by atomic mass is 16.3. The second-order valence-corrected chi connectivity index (χ2v) is 4.15. The molecule has 0 radical (unpaired) electrons. The van der Waals surface area contributed by atoms with Crippen molar-refractivity contribution < 1.29 is 9.90 Å². The van der Waals surface area contributed by atoms with Crippen LogP contribution in [0.4, 0.5) is 0 Å². The Hall–Kier alpha value is -0.670. The molecule has 0 aromatic rings. The number of rotatable bonds is 2. The summed E-state index contributed by atoms with van der Waals surface area (Å²) in [6, 6.07) is 0.171. The van der Waals surface area contributed by atoms with E-state index in [1.807, 2.05) is 0 Å². The van der Waals surface area contributed by atoms with Gasteiger partial charge in [-0.15, -0.1) is 0 Å². The molecule has 0 bridgehead atoms. The molecular formula is C10H15NO2. The van der Waals surface area contributed by atoms with Crippen LogP contribution >= 0.6 is 0 Å². The number of aliphatic hydroxyl groups is 1. The molecule has 2 heterocycles. The van der Waals surface area contributed by atoms with E-state index < -0.39 is 0 Å². The van der Waals surface area contributed by atoms with Gasteiger partial charge >= 0.3 is 0 Å². The Morgan fingerprint density at radius 3 is 3.15 bits per heavy atom. The zero-order chi connectivity index (χ0) is 9.47. The third-order valence-corrected chi connectivity index (χ3v) is 3.30. The first-order valence-electron chi connectivity index (χ1n) is 4.72. The highest BCUT2D eigenvalue weighted by molar-refractivity contribution is 5.67. The molecule has 0 aliphatic carbocycles. The zero-order valence-electron chi connectivity index (χ0n) is 7.70. The summed E-state index contributed by atoms with van der Waals surface area (Å²) >= 11 is 0. The predicted molar refractivity (Wildman–Crippen MR) is 49.4 cm³/mol. The van der Waals surface area contributed by atoms with Crippen LogP contribution in [-0.2, 0) is 4.79 Å². The molecule has 72 valence electrons. The van der Waals surface area contributed by atoms with Crippen LogP contribution < -0.4 is 0 Å². The first-order chi connectivity index (χ1) is 6.22. The number of aliphatic hydroxyl groups excluding tert-OH is 1. The third-order valence-electron chi connectivity index (χ3n) is 3.30. The summed E-state index contributed by atoms with van der Waals surface area (Å²) in [5, 5.41) is 9.12. The number of carbonyl (C=O) groups is 1. The molecular weight excluding hydrogens is 166 g/mol. The van der Waals surface area contributed by atoms with Crippen molar-refractivity contribution in [1.29, 1.82) is 0 Å². The van der Waals surface area contributed by atoms with Gasteiger partial charge in [0.2, 0.25) is 0 Å². The normalized spacial score (nSPS) is 39.5. The number of fused-ring (bicyclic) bond motifs is 1. The SMILES string of the molecule is C=C1CN2C(CO)CCC2(C=O)C1. The minimum atomic E-state index is -0.315. The summed E-state index contributed by atoms with van der Waals surface area (Å²) in [6.45, 7) is 4.85. The van der Waals surface area contributed by atoms with Crippen LogP contribution in [0.1, 0.15) is 19.3 Å². The lowest BCUT2D eigenvalue weighted by Crippen LogP contribution is -2.44. The van der Waals surface area contributed by atoms with Gasteiger partial charge in [-0.25, -0.2) is 0 Å². The summed E-state index contributed by atoms with van der Waals surface area (Å²) < 4.78 is 0. The highest BCUT2D eigenvalue weighted by Gasteiger charge is 2.50. The van der Waals surface area contributed by atoms with Gasteiger partial charge in [-0.1, -0.05) is 12.2 Å². The minimum Gasteiger partial charge on any atom is -0.395 e. The maximum absolute atomic E-state index is 11.1. The Morgan fingerprint density at radius 1 is 1.77 bits per heavy atom. The molecule has 0 amide bonds. The largest absolute Gasteiger partial charge is 0.395 e. The molecule has 0 spiro atoms. The number of hydrogen-bond acceptors (Lipinski definition) is 3. The molecule has 2 unspecified atom stereocenters. The Balaban J connectivity index is 2.26. The van der Waals surface area contributed by atoms with Crippen molar-refractivity contribution in [1.82, 2.24) is 4.90 Å². The van der Waals surface area contributed by atoms with Gasteiger partial charge in [0.05, 0.1) is 12.1 Å². The van der Waals surface area contributed by atoms with Gasteiger partial charge in [0, 0.05) is 12.6 Å². The van der Waals surface area contributed by atoms with Gasteiger partial charge in [-0.3, -0.25) is 4.90 Å². The van der Waals surface area contributed by atoms with Crippen molar-refractivity contribution in [2.45, 2.75) is 30.8 Å². The van der Waals surface area contributed by atoms with Gasteiger partial charge in [-0.05, 0) is 19.3 Å². The summed E-state index contributed by atoms with van der Waals surface area (Å²) in [4.78, 5) is 13.2. The molecule has 2 aliphatic heterocycles. The van der Waals surface area contributed by atoms with Crippen molar-refractivity contribution in [3.8, 4) is 0 Å². The van der Waals surface area contributed by atoms with Crippen LogP contribution in [0.3, 0.4) is 0 Å². The van der Waals surface area contributed by atoms with Crippen molar-refractivity contribution >= 4 is 6.29 Å². The van der Waals surface area contributed by atoms with Crippen LogP contribution in [0, 0.1) is 0 Å². The van der Waals surface area contributed by atoms with E-state index in [0.29, 0.717) is 0 Å². The molecule has 0 aromatic heterocycles. The van der Waals surface area contributed by atoms with E-state index in [9.17, 15) is 4.79 Å². The Labute approximate surface area is 78.0 Å². The molecule has 2 rings (SSSR count). The maximum Gasteiger partial charge on any atom is 0.140 e. The molecule has 3 nitrogen and oxygen atoms in total. The summed E-state index contributed by atoms with van der Waals surface area (Å²) in [7, 11) is 0. The summed E-state index contributed by atoms with van der Waals surface area (Å²) in [5.41, 5.74) is 0.801. The first-order valence-corrected chi connectivity index (χ1v) is 4.72. The van der Waals surface area contributed by atoms with E-state index in [1.165, 1.54) is 0 Å². The van der Waals surface area contributed by atoms with Crippen LogP contribution in [0.5, 0.6) is 0 Å². The van der Waals surface area contributed by atoms with E-state index in [-0.39, 0.29) is 18.2 Å². The van der Waals surface area contributed by atoms with E-state index in [0.717, 1.165) is 37.7 Å². The Morgan fingerprint density at radius 2 is 2.54 bits per heavy atom. The molecule has 2 atom stereocenters. The molecule has 2 saturated heterocycles. The lowest BCUT2D eigenvalue weighted by molar-refractivity contribution is -0.116. The van der Waals surface area contributed by atoms with E-state index in [2.05, 4.69) is 11.5 Å². The smallest absolute Gasteiger partial charge is 0.140 e. The molecule has 0 saturated carbocycles. The van der Waals surface area contributed by atoms with E-state index >= 15 is 0 Å². The molecule has 2 aliphatic rings. The second-order valence-electron chi connectivity index (χ2n) is 4.15. The van der Waals surface area contributed by atoms with Crippen LogP contribution in [0.25, 0.3) is 0 Å². The molecule has 2 fully saturated rings. The first kappa shape index (κ1) is 8.91. The molecule has 13 heavy (non-hydrogen) atoms. The van der Waals surface area contributed by atoms with Crippen LogP contribution in [-0.4, -0.2) is 41.0 Å². The predicted octanol–water partition coefficient (Wildman–Crippen LogP) is 0.341. The fourth-order valence-corrected chi connectivity index (χ4v) is 2.64. The van der Waals surface area contributed by atoms with Crippen LogP contribution in [0.2, 0.25) is 0 Å². The minimum absolute atomic E-state index is 0.156. The Bertz CT molecular complexity index is 251. The zero-order valence-corrected chi connectivity index (χ0v) is 7.70.